The van der Waals surface area contributed by atoms with Crippen molar-refractivity contribution in [3.05, 3.63) is 21.3 Å². The van der Waals surface area contributed by atoms with Gasteiger partial charge in [0.2, 0.25) is 0 Å². The van der Waals surface area contributed by atoms with Crippen molar-refractivity contribution in [3.63, 3.8) is 0 Å². The highest BCUT2D eigenvalue weighted by atomic mass is 35.5. The monoisotopic (exact) mass is 217 g/mol. The van der Waals surface area contributed by atoms with Gasteiger partial charge in [0.05, 0.1) is 15.3 Å². The van der Waals surface area contributed by atoms with E-state index in [2.05, 4.69) is 5.32 Å². The maximum absolute atomic E-state index is 11.6. The van der Waals surface area contributed by atoms with Gasteiger partial charge >= 0.3 is 0 Å². The fourth-order valence-corrected chi connectivity index (χ4v) is 2.13. The van der Waals surface area contributed by atoms with Crippen LogP contribution in [0.15, 0.2) is 12.1 Å². The van der Waals surface area contributed by atoms with Gasteiger partial charge in [0.1, 0.15) is 0 Å². The minimum absolute atomic E-state index is 0.110. The lowest BCUT2D eigenvalue weighted by molar-refractivity contribution is 0.0956. The summed E-state index contributed by atoms with van der Waals surface area (Å²) in [7, 11) is 0. The van der Waals surface area contributed by atoms with Crippen LogP contribution in [-0.2, 0) is 0 Å². The number of halogens is 1. The van der Waals surface area contributed by atoms with E-state index in [0.29, 0.717) is 4.34 Å². The SMILES string of the molecule is CCNC(C)C(=O)c1ccc(Cl)s1. The van der Waals surface area contributed by atoms with E-state index in [1.807, 2.05) is 13.8 Å². The Morgan fingerprint density at radius 2 is 2.38 bits per heavy atom. The highest BCUT2D eigenvalue weighted by molar-refractivity contribution is 7.18. The third-order valence-corrected chi connectivity index (χ3v) is 2.97. The zero-order valence-electron chi connectivity index (χ0n) is 7.63. The molecule has 1 heterocycles. The molecule has 0 fully saturated rings. The van der Waals surface area contributed by atoms with Crippen LogP contribution in [0.1, 0.15) is 23.5 Å². The molecule has 1 aromatic heterocycles. The number of carbonyl (C=O) groups is 1. The summed E-state index contributed by atoms with van der Waals surface area (Å²) in [6, 6.07) is 3.39. The fraction of sp³-hybridized carbons (Fsp3) is 0.444. The number of likely N-dealkylation sites (N-methyl/N-ethyl adjacent to an activating group) is 1. The van der Waals surface area contributed by atoms with E-state index in [4.69, 9.17) is 11.6 Å². The van der Waals surface area contributed by atoms with Crippen LogP contribution in [0, 0.1) is 0 Å². The molecule has 13 heavy (non-hydrogen) atoms. The molecule has 1 rings (SSSR count). The van der Waals surface area contributed by atoms with E-state index >= 15 is 0 Å². The quantitative estimate of drug-likeness (QED) is 0.786. The molecule has 1 unspecified atom stereocenters. The third-order valence-electron chi connectivity index (χ3n) is 1.72. The summed E-state index contributed by atoms with van der Waals surface area (Å²) < 4.78 is 0.659. The van der Waals surface area contributed by atoms with Crippen molar-refractivity contribution < 1.29 is 4.79 Å². The molecule has 0 saturated heterocycles. The number of nitrogens with one attached hydrogen (secondary N) is 1. The van der Waals surface area contributed by atoms with Crippen molar-refractivity contribution in [1.29, 1.82) is 0 Å². The summed E-state index contributed by atoms with van der Waals surface area (Å²) >= 11 is 7.06. The molecule has 4 heteroatoms. The summed E-state index contributed by atoms with van der Waals surface area (Å²) in [5.41, 5.74) is 0. The number of rotatable bonds is 4. The van der Waals surface area contributed by atoms with Crippen molar-refractivity contribution in [2.45, 2.75) is 19.9 Å². The van der Waals surface area contributed by atoms with E-state index in [-0.39, 0.29) is 11.8 Å². The number of carbonyl (C=O) groups excluding carboxylic acids is 1. The first-order valence-corrected chi connectivity index (χ1v) is 5.37. The lowest BCUT2D eigenvalue weighted by Gasteiger charge is -2.08. The van der Waals surface area contributed by atoms with Gasteiger partial charge in [-0.05, 0) is 25.6 Å². The predicted octanol–water partition coefficient (Wildman–Crippen LogP) is 2.58. The first kappa shape index (κ1) is 10.7. The van der Waals surface area contributed by atoms with Crippen LogP contribution in [0.4, 0.5) is 0 Å². The second kappa shape index (κ2) is 4.74. The first-order valence-electron chi connectivity index (χ1n) is 4.18. The Balaban J connectivity index is 2.67. The molecule has 0 saturated carbocycles. The number of hydrogen-bond acceptors (Lipinski definition) is 3. The molecule has 0 radical (unpaired) electrons. The van der Waals surface area contributed by atoms with Crippen LogP contribution < -0.4 is 5.32 Å². The number of Topliss-reactive ketones (excluding diaryl/α,β-unsaturated/α-hetero) is 1. The highest BCUT2D eigenvalue weighted by Crippen LogP contribution is 2.22. The Morgan fingerprint density at radius 1 is 1.69 bits per heavy atom. The molecule has 2 nitrogen and oxygen atoms in total. The van der Waals surface area contributed by atoms with Crippen LogP contribution in [-0.4, -0.2) is 18.4 Å². The van der Waals surface area contributed by atoms with Gasteiger partial charge in [-0.2, -0.15) is 0 Å². The average molecular weight is 218 g/mol. The van der Waals surface area contributed by atoms with E-state index in [0.717, 1.165) is 11.4 Å². The zero-order chi connectivity index (χ0) is 9.84. The molecular formula is C9H12ClNOS. The van der Waals surface area contributed by atoms with E-state index in [9.17, 15) is 4.79 Å². The van der Waals surface area contributed by atoms with Gasteiger partial charge in [-0.3, -0.25) is 4.79 Å². The van der Waals surface area contributed by atoms with Crippen molar-refractivity contribution >= 4 is 28.7 Å². The first-order chi connectivity index (χ1) is 6.15. The molecule has 72 valence electrons. The summed E-state index contributed by atoms with van der Waals surface area (Å²) in [6.45, 7) is 4.64. The molecule has 0 aliphatic heterocycles. The molecule has 1 aromatic rings. The Kier molecular flexibility index (Phi) is 3.90. The fourth-order valence-electron chi connectivity index (χ4n) is 1.06. The van der Waals surface area contributed by atoms with Crippen molar-refractivity contribution in [2.24, 2.45) is 0 Å². The molecule has 0 aliphatic rings. The Hall–Kier alpha value is -0.380. The smallest absolute Gasteiger partial charge is 0.189 e. The Labute approximate surface area is 86.9 Å². The average Bonchev–Trinajstić information content (AvgIpc) is 2.51. The van der Waals surface area contributed by atoms with Crippen LogP contribution in [0.2, 0.25) is 4.34 Å². The van der Waals surface area contributed by atoms with E-state index in [1.54, 1.807) is 12.1 Å². The van der Waals surface area contributed by atoms with Crippen molar-refractivity contribution in [1.82, 2.24) is 5.32 Å². The second-order valence-electron chi connectivity index (χ2n) is 2.75. The molecule has 1 atom stereocenters. The minimum atomic E-state index is -0.125. The maximum atomic E-state index is 11.6. The van der Waals surface area contributed by atoms with Gasteiger partial charge in [-0.25, -0.2) is 0 Å². The standard InChI is InChI=1S/C9H12ClNOS/c1-3-11-6(2)9(12)7-4-5-8(10)13-7/h4-6,11H,3H2,1-2H3. The largest absolute Gasteiger partial charge is 0.308 e. The van der Waals surface area contributed by atoms with Gasteiger partial charge in [0, 0.05) is 0 Å². The number of hydrogen-bond donors (Lipinski definition) is 1. The second-order valence-corrected chi connectivity index (χ2v) is 4.46. The van der Waals surface area contributed by atoms with Crippen molar-refractivity contribution in [2.75, 3.05) is 6.54 Å². The van der Waals surface area contributed by atoms with Crippen molar-refractivity contribution in [3.8, 4) is 0 Å². The van der Waals surface area contributed by atoms with Gasteiger partial charge < -0.3 is 5.32 Å². The van der Waals surface area contributed by atoms with Gasteiger partial charge in [-0.1, -0.05) is 18.5 Å². The minimum Gasteiger partial charge on any atom is -0.308 e. The highest BCUT2D eigenvalue weighted by Gasteiger charge is 2.15. The van der Waals surface area contributed by atoms with Crippen LogP contribution >= 0.6 is 22.9 Å². The van der Waals surface area contributed by atoms with Crippen LogP contribution in [0.3, 0.4) is 0 Å². The van der Waals surface area contributed by atoms with Crippen LogP contribution in [0.25, 0.3) is 0 Å². The van der Waals surface area contributed by atoms with Gasteiger partial charge in [0.15, 0.2) is 5.78 Å². The molecule has 0 aliphatic carbocycles. The summed E-state index contributed by atoms with van der Waals surface area (Å²) in [6.07, 6.45) is 0. The Bertz CT molecular complexity index is 298. The van der Waals surface area contributed by atoms with Gasteiger partial charge in [0.25, 0.3) is 0 Å². The lowest BCUT2D eigenvalue weighted by atomic mass is 10.2. The number of thiophene rings is 1. The molecule has 1 N–H and O–H groups in total. The van der Waals surface area contributed by atoms with E-state index in [1.165, 1.54) is 11.3 Å². The number of ketones is 1. The lowest BCUT2D eigenvalue weighted by Crippen LogP contribution is -2.33. The van der Waals surface area contributed by atoms with Crippen LogP contribution in [0.5, 0.6) is 0 Å². The normalized spacial score (nSPS) is 12.8. The third kappa shape index (κ3) is 2.79. The molecule has 0 amide bonds. The topological polar surface area (TPSA) is 29.1 Å². The van der Waals surface area contributed by atoms with Gasteiger partial charge in [-0.15, -0.1) is 11.3 Å². The molecule has 0 spiro atoms. The molecular weight excluding hydrogens is 206 g/mol. The zero-order valence-corrected chi connectivity index (χ0v) is 9.21. The summed E-state index contributed by atoms with van der Waals surface area (Å²) in [5.74, 6) is 0.110. The predicted molar refractivity (Wildman–Crippen MR) is 56.8 cm³/mol. The molecule has 0 aromatic carbocycles. The Morgan fingerprint density at radius 3 is 2.85 bits per heavy atom. The summed E-state index contributed by atoms with van der Waals surface area (Å²) in [5, 5.41) is 3.07. The molecule has 0 bridgehead atoms. The summed E-state index contributed by atoms with van der Waals surface area (Å²) in [4.78, 5) is 12.4. The maximum Gasteiger partial charge on any atom is 0.189 e. The van der Waals surface area contributed by atoms with E-state index < -0.39 is 0 Å².